The molecule has 2 fully saturated rings. The summed E-state index contributed by atoms with van der Waals surface area (Å²) >= 11 is 0. The summed E-state index contributed by atoms with van der Waals surface area (Å²) in [6, 6.07) is 11.6. The Balaban J connectivity index is 1.13. The average Bonchev–Trinajstić information content (AvgIpc) is 3.55. The van der Waals surface area contributed by atoms with Crippen LogP contribution in [0.15, 0.2) is 48.9 Å². The number of benzene rings is 2. The third-order valence-electron chi connectivity index (χ3n) is 9.15. The number of nitrogen functional groups attached to an aromatic ring is 1. The minimum atomic E-state index is -0.949. The molecule has 0 bridgehead atoms. The summed E-state index contributed by atoms with van der Waals surface area (Å²) in [7, 11) is 3.97. The first kappa shape index (κ1) is 26.8. The van der Waals surface area contributed by atoms with Gasteiger partial charge in [0.05, 0.1) is 10.9 Å². The highest BCUT2D eigenvalue weighted by Crippen LogP contribution is 2.39. The molecule has 0 atom stereocenters. The number of nitrogens with one attached hydrogen (secondary N) is 1. The molecule has 2 aromatic carbocycles. The first-order chi connectivity index (χ1) is 20.4. The molecule has 4 heterocycles. The van der Waals surface area contributed by atoms with E-state index in [1.165, 1.54) is 18.9 Å². The molecule has 1 saturated heterocycles. The lowest BCUT2D eigenvalue weighted by molar-refractivity contribution is 0.0828. The van der Waals surface area contributed by atoms with Crippen LogP contribution in [-0.4, -0.2) is 73.2 Å². The van der Waals surface area contributed by atoms with Gasteiger partial charge >= 0.3 is 0 Å². The van der Waals surface area contributed by atoms with Gasteiger partial charge in [-0.05, 0) is 62.6 Å². The molecule has 0 spiro atoms. The molecule has 3 N–H and O–H groups in total. The van der Waals surface area contributed by atoms with E-state index in [4.69, 9.17) is 5.73 Å². The summed E-state index contributed by atoms with van der Waals surface area (Å²) in [6.45, 7) is 4.60. The molecule has 11 heteroatoms. The number of likely N-dealkylation sites (N-methyl/N-ethyl adjacent to an activating group) is 1. The highest BCUT2D eigenvalue weighted by atomic mass is 19.2. The monoisotopic (exact) mass is 571 g/mol. The van der Waals surface area contributed by atoms with Gasteiger partial charge in [-0.15, -0.1) is 0 Å². The lowest BCUT2D eigenvalue weighted by atomic mass is 9.89. The van der Waals surface area contributed by atoms with Crippen molar-refractivity contribution in [3.05, 3.63) is 60.6 Å². The zero-order chi connectivity index (χ0) is 29.0. The van der Waals surface area contributed by atoms with Crippen molar-refractivity contribution in [1.29, 1.82) is 0 Å². The van der Waals surface area contributed by atoms with E-state index in [-0.39, 0.29) is 5.52 Å². The molecule has 1 saturated carbocycles. The van der Waals surface area contributed by atoms with Crippen molar-refractivity contribution in [3.8, 4) is 11.1 Å². The number of nitrogens with zero attached hydrogens (tertiary/aromatic N) is 7. The smallest absolute Gasteiger partial charge is 0.208 e. The van der Waals surface area contributed by atoms with Crippen LogP contribution in [-0.2, 0) is 7.05 Å². The van der Waals surface area contributed by atoms with E-state index >= 15 is 0 Å². The molecular formula is C31H35F2N9. The summed E-state index contributed by atoms with van der Waals surface area (Å²) in [4.78, 5) is 18.4. The van der Waals surface area contributed by atoms with Crippen LogP contribution in [0.5, 0.6) is 0 Å². The molecule has 42 heavy (non-hydrogen) atoms. The van der Waals surface area contributed by atoms with Gasteiger partial charge in [-0.25, -0.2) is 23.7 Å². The number of nitrogens with two attached hydrogens (primary N) is 1. The highest BCUT2D eigenvalue weighted by Gasteiger charge is 2.30. The second-order valence-corrected chi connectivity index (χ2v) is 11.6. The molecule has 218 valence electrons. The predicted molar refractivity (Wildman–Crippen MR) is 162 cm³/mol. The Labute approximate surface area is 243 Å². The minimum Gasteiger partial charge on any atom is -0.383 e. The second-order valence-electron chi connectivity index (χ2n) is 11.6. The van der Waals surface area contributed by atoms with Crippen LogP contribution in [0.3, 0.4) is 0 Å². The molecule has 0 radical (unpaired) electrons. The SMILES string of the molecule is CN1CCN([C@H]2CC[C@H](n3cc(-c4ccc(Nc5nc6c(F)c(F)ccc6n5C)cc4)c4c(N)ncnc43)CC2)CC1. The van der Waals surface area contributed by atoms with Gasteiger partial charge in [0.2, 0.25) is 5.95 Å². The predicted octanol–water partition coefficient (Wildman–Crippen LogP) is 5.32. The fraction of sp³-hybridized carbons (Fsp3) is 0.387. The van der Waals surface area contributed by atoms with Crippen LogP contribution >= 0.6 is 0 Å². The standard InChI is InChI=1S/C31H35F2N9/c1-39-13-15-41(16-14-39)21-7-9-22(10-8-21)42-17-23(26-29(34)35-18-36-30(26)42)19-3-5-20(6-4-19)37-31-38-28-25(40(31)2)12-11-24(32)27(28)33/h3-6,11-12,17-18,21-22H,7-10,13-16H2,1-2H3,(H,37,38)(H2,34,35,36)/t21-,22-. The summed E-state index contributed by atoms with van der Waals surface area (Å²) in [5.74, 6) is -0.975. The Kier molecular flexibility index (Phi) is 6.78. The van der Waals surface area contributed by atoms with Crippen LogP contribution in [0.1, 0.15) is 31.7 Å². The van der Waals surface area contributed by atoms with E-state index in [0.717, 1.165) is 72.9 Å². The van der Waals surface area contributed by atoms with Gasteiger partial charge in [0.1, 0.15) is 23.3 Å². The molecule has 3 aromatic heterocycles. The number of fused-ring (bicyclic) bond motifs is 2. The van der Waals surface area contributed by atoms with Gasteiger partial charge < -0.3 is 25.1 Å². The van der Waals surface area contributed by atoms with E-state index in [2.05, 4.69) is 47.9 Å². The third kappa shape index (κ3) is 4.66. The van der Waals surface area contributed by atoms with Gasteiger partial charge in [-0.2, -0.15) is 0 Å². The van der Waals surface area contributed by atoms with Gasteiger partial charge in [-0.3, -0.25) is 4.90 Å². The van der Waals surface area contributed by atoms with Crippen LogP contribution < -0.4 is 11.1 Å². The van der Waals surface area contributed by atoms with E-state index in [9.17, 15) is 8.78 Å². The number of aryl methyl sites for hydroxylation is 1. The van der Waals surface area contributed by atoms with Gasteiger partial charge in [0, 0.05) is 62.8 Å². The Bertz CT molecular complexity index is 1740. The van der Waals surface area contributed by atoms with Crippen molar-refractivity contribution >= 4 is 39.5 Å². The van der Waals surface area contributed by atoms with E-state index < -0.39 is 11.6 Å². The Morgan fingerprint density at radius 2 is 1.60 bits per heavy atom. The highest BCUT2D eigenvalue weighted by molar-refractivity contribution is 6.00. The number of halogens is 2. The number of rotatable bonds is 5. The first-order valence-electron chi connectivity index (χ1n) is 14.6. The fourth-order valence-corrected chi connectivity index (χ4v) is 6.67. The number of imidazole rings is 1. The maximum Gasteiger partial charge on any atom is 0.208 e. The molecule has 9 nitrogen and oxygen atoms in total. The van der Waals surface area contributed by atoms with Crippen LogP contribution in [0, 0.1) is 11.6 Å². The Morgan fingerprint density at radius 3 is 2.33 bits per heavy atom. The van der Waals surface area contributed by atoms with Gasteiger partial charge in [0.25, 0.3) is 0 Å². The zero-order valence-electron chi connectivity index (χ0n) is 23.9. The van der Waals surface area contributed by atoms with E-state index in [1.807, 2.05) is 24.3 Å². The van der Waals surface area contributed by atoms with Gasteiger partial charge in [-0.1, -0.05) is 12.1 Å². The minimum absolute atomic E-state index is 0.00234. The first-order valence-corrected chi connectivity index (χ1v) is 14.6. The summed E-state index contributed by atoms with van der Waals surface area (Å²) in [5, 5.41) is 4.10. The summed E-state index contributed by atoms with van der Waals surface area (Å²) in [6.07, 6.45) is 8.31. The normalized spacial score (nSPS) is 20.5. The number of piperazine rings is 1. The zero-order valence-corrected chi connectivity index (χ0v) is 23.9. The maximum absolute atomic E-state index is 14.3. The molecular weight excluding hydrogens is 536 g/mol. The van der Waals surface area contributed by atoms with Crippen LogP contribution in [0.2, 0.25) is 0 Å². The van der Waals surface area contributed by atoms with Crippen molar-refractivity contribution in [2.24, 2.45) is 7.05 Å². The lowest BCUT2D eigenvalue weighted by Crippen LogP contribution is -2.49. The van der Waals surface area contributed by atoms with Gasteiger partial charge in [0.15, 0.2) is 11.6 Å². The second kappa shape index (κ2) is 10.6. The van der Waals surface area contributed by atoms with Crippen LogP contribution in [0.4, 0.5) is 26.2 Å². The van der Waals surface area contributed by atoms with Crippen molar-refractivity contribution in [1.82, 2.24) is 33.9 Å². The molecule has 5 aromatic rings. The third-order valence-corrected chi connectivity index (χ3v) is 9.15. The van der Waals surface area contributed by atoms with Crippen molar-refractivity contribution in [2.75, 3.05) is 44.3 Å². The Morgan fingerprint density at radius 1 is 0.881 bits per heavy atom. The Hall–Kier alpha value is -4.09. The quantitative estimate of drug-likeness (QED) is 0.295. The van der Waals surface area contributed by atoms with Crippen molar-refractivity contribution in [3.63, 3.8) is 0 Å². The van der Waals surface area contributed by atoms with Crippen molar-refractivity contribution < 1.29 is 8.78 Å². The average molecular weight is 572 g/mol. The van der Waals surface area contributed by atoms with Crippen molar-refractivity contribution in [2.45, 2.75) is 37.8 Å². The van der Waals surface area contributed by atoms with Crippen LogP contribution in [0.25, 0.3) is 33.2 Å². The number of anilines is 3. The number of aromatic nitrogens is 5. The molecule has 7 rings (SSSR count). The largest absolute Gasteiger partial charge is 0.383 e. The number of hydrogen-bond acceptors (Lipinski definition) is 7. The topological polar surface area (TPSA) is 93.1 Å². The van der Waals surface area contributed by atoms with E-state index in [0.29, 0.717) is 29.4 Å². The summed E-state index contributed by atoms with van der Waals surface area (Å²) < 4.78 is 32.0. The lowest BCUT2D eigenvalue weighted by Gasteiger charge is -2.41. The molecule has 2 aliphatic rings. The number of hydrogen-bond donors (Lipinski definition) is 2. The van der Waals surface area contributed by atoms with E-state index in [1.54, 1.807) is 17.9 Å². The maximum atomic E-state index is 14.3. The fourth-order valence-electron chi connectivity index (χ4n) is 6.67. The summed E-state index contributed by atoms with van der Waals surface area (Å²) in [5.41, 5.74) is 10.6. The molecule has 1 aliphatic heterocycles. The molecule has 0 amide bonds. The molecule has 1 aliphatic carbocycles. The molecule has 0 unspecified atom stereocenters.